The Bertz CT molecular complexity index is 1520. The molecule has 9 nitrogen and oxygen atoms in total. The van der Waals surface area contributed by atoms with Crippen molar-refractivity contribution < 1.29 is 31.2 Å². The maximum absolute atomic E-state index is 13.7. The first-order valence-electron chi connectivity index (χ1n) is 12.6. The van der Waals surface area contributed by atoms with Crippen molar-refractivity contribution in [1.29, 1.82) is 0 Å². The van der Waals surface area contributed by atoms with Crippen LogP contribution in [0.4, 0.5) is 10.1 Å². The lowest BCUT2D eigenvalue weighted by Gasteiger charge is -2.28. The Labute approximate surface area is 222 Å². The number of amidine groups is 1. The molecule has 3 heterocycles. The Kier molecular flexibility index (Phi) is 6.33. The van der Waals surface area contributed by atoms with Crippen molar-refractivity contribution in [1.82, 2.24) is 5.32 Å². The summed E-state index contributed by atoms with van der Waals surface area (Å²) in [5.74, 6) is 1.60. The molecule has 0 bridgehead atoms. The predicted molar refractivity (Wildman–Crippen MR) is 147 cm³/mol. The van der Waals surface area contributed by atoms with Crippen LogP contribution in [-0.4, -0.2) is 54.4 Å². The van der Waals surface area contributed by atoms with Crippen molar-refractivity contribution in [2.45, 2.75) is 31.6 Å². The molecule has 6 rings (SSSR count). The lowest BCUT2D eigenvalue weighted by atomic mass is 9.99. The summed E-state index contributed by atoms with van der Waals surface area (Å²) in [6.45, 7) is 0.455. The molecule has 0 amide bonds. The van der Waals surface area contributed by atoms with Gasteiger partial charge in [0.25, 0.3) is 0 Å². The fourth-order valence-corrected chi connectivity index (χ4v) is 8.30. The first-order chi connectivity index (χ1) is 18.1. The number of rotatable bonds is 8. The molecular formula is C26H30FN3O6S2. The minimum atomic E-state index is -3.64. The first kappa shape index (κ1) is 25.5. The number of fused-ring (bicyclic) bond motifs is 1. The highest BCUT2D eigenvalue weighted by atomic mass is 32.3. The smallest absolute Gasteiger partial charge is 0.232 e. The normalized spacial score (nSPS) is 21.7. The van der Waals surface area contributed by atoms with Gasteiger partial charge in [-0.3, -0.25) is 13.4 Å². The van der Waals surface area contributed by atoms with Gasteiger partial charge in [-0.05, 0) is 73.4 Å². The fraction of sp³-hybridized carbons (Fsp3) is 0.423. The van der Waals surface area contributed by atoms with E-state index in [4.69, 9.17) is 9.25 Å². The molecule has 1 unspecified atom stereocenters. The molecular weight excluding hydrogens is 533 g/mol. The van der Waals surface area contributed by atoms with Crippen molar-refractivity contribution in [3.8, 4) is 11.3 Å². The number of furan rings is 1. The Balaban J connectivity index is 1.46. The van der Waals surface area contributed by atoms with Gasteiger partial charge in [0, 0.05) is 35.1 Å². The van der Waals surface area contributed by atoms with Crippen LogP contribution in [0.5, 0.6) is 0 Å². The number of benzene rings is 2. The summed E-state index contributed by atoms with van der Waals surface area (Å²) in [4.78, 5) is 5.19. The second-order valence-electron chi connectivity index (χ2n) is 10.3. The summed E-state index contributed by atoms with van der Waals surface area (Å²) in [6.07, 6.45) is 4.32. The summed E-state index contributed by atoms with van der Waals surface area (Å²) in [7, 11) is -6.19. The van der Waals surface area contributed by atoms with E-state index in [2.05, 4.69) is 10.5 Å². The monoisotopic (exact) mass is 563 g/mol. The zero-order valence-electron chi connectivity index (χ0n) is 20.9. The zero-order valence-corrected chi connectivity index (χ0v) is 22.5. The summed E-state index contributed by atoms with van der Waals surface area (Å²) < 4.78 is 67.6. The van der Waals surface area contributed by atoms with Crippen LogP contribution in [0.2, 0.25) is 0 Å². The van der Waals surface area contributed by atoms with Gasteiger partial charge < -0.3 is 14.6 Å². The second-order valence-corrected chi connectivity index (χ2v) is 14.6. The van der Waals surface area contributed by atoms with Gasteiger partial charge in [-0.15, -0.1) is 0 Å². The number of oxime groups is 1. The van der Waals surface area contributed by atoms with E-state index >= 15 is 0 Å². The van der Waals surface area contributed by atoms with Crippen molar-refractivity contribution in [2.24, 2.45) is 11.1 Å². The van der Waals surface area contributed by atoms with Crippen LogP contribution >= 0.6 is 10.6 Å². The standard InChI is InChI=1S/C26H30FN3O6S2/c1-37(31,32)30(10-8-16-9-11-38(33,34)14-16)22-13-23-21(12-20(22)17-2-3-17)24(26-28-15-35-29-26)25(36-23)18-4-6-19(27)7-5-18/h4-7,12-13,16-17,33-34H,2-3,8-11,14-15H2,1H3,(H,28,29). The largest absolute Gasteiger partial charge is 0.455 e. The SMILES string of the molecule is CS(=O)(=O)N(CCC1CCS(O)(O)C1)c1cc2oc(-c3ccc(F)cc3)c(C3=NOCN3)c2cc1C1CC1. The maximum Gasteiger partial charge on any atom is 0.232 e. The number of hydrogen-bond acceptors (Lipinski definition) is 8. The van der Waals surface area contributed by atoms with E-state index in [1.807, 2.05) is 6.07 Å². The minimum absolute atomic E-state index is 0.0594. The number of halogens is 1. The molecule has 3 aliphatic rings. The Morgan fingerprint density at radius 2 is 1.95 bits per heavy atom. The number of anilines is 1. The zero-order chi connectivity index (χ0) is 26.7. The van der Waals surface area contributed by atoms with Crippen LogP contribution in [0.1, 0.15) is 42.7 Å². The molecule has 0 spiro atoms. The Morgan fingerprint density at radius 1 is 1.18 bits per heavy atom. The lowest BCUT2D eigenvalue weighted by Crippen LogP contribution is -2.32. The van der Waals surface area contributed by atoms with Gasteiger partial charge in [0.05, 0.1) is 17.5 Å². The van der Waals surface area contributed by atoms with E-state index in [1.54, 1.807) is 18.2 Å². The molecule has 12 heteroatoms. The van der Waals surface area contributed by atoms with Gasteiger partial charge in [0.15, 0.2) is 12.6 Å². The third-order valence-corrected chi connectivity index (χ3v) is 10.5. The number of nitrogens with one attached hydrogen (secondary N) is 1. The molecule has 2 aliphatic heterocycles. The van der Waals surface area contributed by atoms with Crippen LogP contribution in [0.25, 0.3) is 22.3 Å². The number of sulfonamides is 1. The lowest BCUT2D eigenvalue weighted by molar-refractivity contribution is 0.164. The average molecular weight is 564 g/mol. The van der Waals surface area contributed by atoms with Crippen molar-refractivity contribution in [3.05, 3.63) is 53.3 Å². The maximum atomic E-state index is 13.7. The molecule has 204 valence electrons. The molecule has 1 atom stereocenters. The average Bonchev–Trinajstić information content (AvgIpc) is 3.25. The molecule has 1 saturated carbocycles. The van der Waals surface area contributed by atoms with Gasteiger partial charge in [-0.2, -0.15) is 10.6 Å². The Hall–Kier alpha value is -2.80. The first-order valence-corrected chi connectivity index (χ1v) is 16.3. The summed E-state index contributed by atoms with van der Waals surface area (Å²) in [6, 6.07) is 9.74. The highest BCUT2D eigenvalue weighted by Gasteiger charge is 2.34. The third-order valence-electron chi connectivity index (χ3n) is 7.42. The molecule has 3 N–H and O–H groups in total. The van der Waals surface area contributed by atoms with Crippen LogP contribution in [0.15, 0.2) is 46.0 Å². The van der Waals surface area contributed by atoms with Crippen molar-refractivity contribution >= 4 is 43.1 Å². The fourth-order valence-electron chi connectivity index (χ4n) is 5.38. The predicted octanol–water partition coefficient (Wildman–Crippen LogP) is 5.28. The Morgan fingerprint density at radius 3 is 2.55 bits per heavy atom. The van der Waals surface area contributed by atoms with E-state index in [-0.39, 0.29) is 30.9 Å². The molecule has 1 aliphatic carbocycles. The summed E-state index contributed by atoms with van der Waals surface area (Å²) in [5, 5.41) is 8.00. The van der Waals surface area contributed by atoms with E-state index in [9.17, 15) is 21.9 Å². The van der Waals surface area contributed by atoms with Gasteiger partial charge in [0.1, 0.15) is 17.2 Å². The van der Waals surface area contributed by atoms with E-state index in [1.165, 1.54) is 22.7 Å². The highest BCUT2D eigenvalue weighted by Crippen LogP contribution is 2.50. The van der Waals surface area contributed by atoms with E-state index < -0.39 is 20.6 Å². The molecule has 0 radical (unpaired) electrons. The van der Waals surface area contributed by atoms with Crippen molar-refractivity contribution in [2.75, 3.05) is 35.3 Å². The van der Waals surface area contributed by atoms with Crippen LogP contribution < -0.4 is 9.62 Å². The van der Waals surface area contributed by atoms with Crippen LogP contribution in [0.3, 0.4) is 0 Å². The van der Waals surface area contributed by atoms with Gasteiger partial charge in [-0.1, -0.05) is 5.16 Å². The highest BCUT2D eigenvalue weighted by molar-refractivity contribution is 8.24. The molecule has 1 saturated heterocycles. The quantitative estimate of drug-likeness (QED) is 0.341. The van der Waals surface area contributed by atoms with E-state index in [0.29, 0.717) is 58.3 Å². The van der Waals surface area contributed by atoms with Crippen LogP contribution in [-0.2, 0) is 14.9 Å². The minimum Gasteiger partial charge on any atom is -0.455 e. The molecule has 38 heavy (non-hydrogen) atoms. The van der Waals surface area contributed by atoms with Gasteiger partial charge in [0.2, 0.25) is 10.0 Å². The van der Waals surface area contributed by atoms with Crippen molar-refractivity contribution in [3.63, 3.8) is 0 Å². The third kappa shape index (κ3) is 4.97. The summed E-state index contributed by atoms with van der Waals surface area (Å²) in [5.41, 5.74) is 3.32. The van der Waals surface area contributed by atoms with Gasteiger partial charge >= 0.3 is 0 Å². The van der Waals surface area contributed by atoms with Crippen LogP contribution in [0, 0.1) is 11.7 Å². The molecule has 3 aromatic rings. The second kappa shape index (κ2) is 9.44. The molecule has 1 aromatic heterocycles. The topological polar surface area (TPSA) is 125 Å². The molecule has 2 fully saturated rings. The number of nitrogens with zero attached hydrogens (tertiary/aromatic N) is 2. The number of hydrogen-bond donors (Lipinski definition) is 3. The van der Waals surface area contributed by atoms with E-state index in [0.717, 1.165) is 23.8 Å². The van der Waals surface area contributed by atoms with Gasteiger partial charge in [-0.25, -0.2) is 12.8 Å². The molecule has 2 aromatic carbocycles. The summed E-state index contributed by atoms with van der Waals surface area (Å²) >= 11 is 0.